The van der Waals surface area contributed by atoms with Gasteiger partial charge in [0.1, 0.15) is 0 Å². The lowest BCUT2D eigenvalue weighted by molar-refractivity contribution is 0.645. The Kier molecular flexibility index (Phi) is 3.83. The summed E-state index contributed by atoms with van der Waals surface area (Å²) in [7, 11) is 0. The number of hydrogen-bond donors (Lipinski definition) is 0. The van der Waals surface area contributed by atoms with Gasteiger partial charge in [-0.3, -0.25) is 4.98 Å². The van der Waals surface area contributed by atoms with Gasteiger partial charge in [-0.15, -0.1) is 0 Å². The number of thioether (sulfide) groups is 1. The molecule has 16 heavy (non-hydrogen) atoms. The molecule has 2 heterocycles. The van der Waals surface area contributed by atoms with Crippen LogP contribution in [0.5, 0.6) is 0 Å². The van der Waals surface area contributed by atoms with E-state index in [0.717, 1.165) is 18.5 Å². The summed E-state index contributed by atoms with van der Waals surface area (Å²) in [5.74, 6) is 0.693. The molecule has 0 unspecified atom stereocenters. The maximum Gasteiger partial charge on any atom is 0.0765 e. The van der Waals surface area contributed by atoms with Gasteiger partial charge in [0.15, 0.2) is 0 Å². The van der Waals surface area contributed by atoms with Crippen LogP contribution >= 0.6 is 11.8 Å². The molecule has 0 aliphatic carbocycles. The minimum Gasteiger partial charge on any atom is -0.255 e. The zero-order valence-electron chi connectivity index (χ0n) is 9.81. The van der Waals surface area contributed by atoms with Gasteiger partial charge in [-0.2, -0.15) is 0 Å². The van der Waals surface area contributed by atoms with E-state index in [4.69, 9.17) is 0 Å². The molecule has 1 aromatic rings. The van der Waals surface area contributed by atoms with Crippen molar-refractivity contribution >= 4 is 16.7 Å². The fourth-order valence-electron chi connectivity index (χ4n) is 1.73. The topological polar surface area (TPSA) is 12.9 Å². The molecule has 0 radical (unpaired) electrons. The van der Waals surface area contributed by atoms with E-state index < -0.39 is 0 Å². The molecule has 84 valence electrons. The van der Waals surface area contributed by atoms with Crippen LogP contribution in [0.4, 0.5) is 0 Å². The molecule has 1 aliphatic heterocycles. The largest absolute Gasteiger partial charge is 0.255 e. The highest BCUT2D eigenvalue weighted by molar-refractivity contribution is 8.10. The van der Waals surface area contributed by atoms with Crippen LogP contribution in [0.1, 0.15) is 31.5 Å². The van der Waals surface area contributed by atoms with Crippen molar-refractivity contribution in [2.24, 2.45) is 5.92 Å². The summed E-state index contributed by atoms with van der Waals surface area (Å²) in [5.41, 5.74) is 2.43. The summed E-state index contributed by atoms with van der Waals surface area (Å²) in [6.07, 6.45) is 8.54. The second kappa shape index (κ2) is 5.35. The first-order valence-electron chi connectivity index (χ1n) is 5.73. The fourth-order valence-corrected chi connectivity index (χ4v) is 2.52. The third-order valence-corrected chi connectivity index (χ3v) is 3.41. The Morgan fingerprint density at radius 2 is 2.25 bits per heavy atom. The molecule has 1 aromatic heterocycles. The Balaban J connectivity index is 2.10. The molecular formula is C14H17NS. The number of allylic oxidation sites excluding steroid dienone is 2. The summed E-state index contributed by atoms with van der Waals surface area (Å²) in [4.78, 5) is 5.81. The van der Waals surface area contributed by atoms with Crippen molar-refractivity contribution in [2.45, 2.75) is 26.7 Å². The van der Waals surface area contributed by atoms with E-state index in [1.165, 1.54) is 10.5 Å². The van der Waals surface area contributed by atoms with Gasteiger partial charge in [-0.25, -0.2) is 0 Å². The van der Waals surface area contributed by atoms with Crippen molar-refractivity contribution in [3.05, 3.63) is 47.1 Å². The smallest absolute Gasteiger partial charge is 0.0765 e. The summed E-state index contributed by atoms with van der Waals surface area (Å²) in [5, 5.41) is 2.14. The van der Waals surface area contributed by atoms with Crippen molar-refractivity contribution in [3.63, 3.8) is 0 Å². The van der Waals surface area contributed by atoms with Crippen molar-refractivity contribution < 1.29 is 0 Å². The first kappa shape index (κ1) is 11.5. The first-order valence-corrected chi connectivity index (χ1v) is 6.61. The molecule has 0 saturated carbocycles. The molecule has 1 nitrogen and oxygen atoms in total. The van der Waals surface area contributed by atoms with Gasteiger partial charge < -0.3 is 0 Å². The van der Waals surface area contributed by atoms with E-state index in [0.29, 0.717) is 5.92 Å². The SMILES string of the molecule is CC(C)Cc1ccc(C2=CCC=CS2)nc1. The van der Waals surface area contributed by atoms with E-state index in [-0.39, 0.29) is 0 Å². The number of nitrogens with zero attached hydrogens (tertiary/aromatic N) is 1. The zero-order chi connectivity index (χ0) is 11.4. The monoisotopic (exact) mass is 231 g/mol. The average molecular weight is 231 g/mol. The second-order valence-electron chi connectivity index (χ2n) is 4.44. The van der Waals surface area contributed by atoms with Crippen molar-refractivity contribution in [3.8, 4) is 0 Å². The number of hydrogen-bond acceptors (Lipinski definition) is 2. The summed E-state index contributed by atoms with van der Waals surface area (Å²) < 4.78 is 0. The van der Waals surface area contributed by atoms with Gasteiger partial charge >= 0.3 is 0 Å². The van der Waals surface area contributed by atoms with E-state index in [9.17, 15) is 0 Å². The molecule has 1 aliphatic rings. The first-order chi connectivity index (χ1) is 7.75. The van der Waals surface area contributed by atoms with Crippen molar-refractivity contribution in [1.29, 1.82) is 0 Å². The Morgan fingerprint density at radius 1 is 1.38 bits per heavy atom. The Hall–Kier alpha value is -1.02. The zero-order valence-corrected chi connectivity index (χ0v) is 10.6. The van der Waals surface area contributed by atoms with Crippen LogP contribution in [-0.2, 0) is 6.42 Å². The maximum absolute atomic E-state index is 4.53. The minimum absolute atomic E-state index is 0.693. The standard InChI is InChI=1S/C14H17NS/c1-11(2)9-12-6-7-13(15-10-12)14-5-3-4-8-16-14/h4-8,10-11H,3,9H2,1-2H3. The van der Waals surface area contributed by atoms with Gasteiger partial charge in [0.05, 0.1) is 5.69 Å². The molecule has 0 bridgehead atoms. The van der Waals surface area contributed by atoms with Crippen LogP contribution in [0, 0.1) is 5.92 Å². The lowest BCUT2D eigenvalue weighted by Gasteiger charge is -2.09. The highest BCUT2D eigenvalue weighted by atomic mass is 32.2. The van der Waals surface area contributed by atoms with Gasteiger partial charge in [0.2, 0.25) is 0 Å². The number of aromatic nitrogens is 1. The molecule has 0 atom stereocenters. The molecular weight excluding hydrogens is 214 g/mol. The number of rotatable bonds is 3. The van der Waals surface area contributed by atoms with Crippen LogP contribution in [0.2, 0.25) is 0 Å². The van der Waals surface area contributed by atoms with E-state index in [1.54, 1.807) is 11.8 Å². The van der Waals surface area contributed by atoms with Gasteiger partial charge in [0.25, 0.3) is 0 Å². The van der Waals surface area contributed by atoms with Gasteiger partial charge in [0, 0.05) is 11.1 Å². The fraction of sp³-hybridized carbons (Fsp3) is 0.357. The van der Waals surface area contributed by atoms with E-state index >= 15 is 0 Å². The minimum atomic E-state index is 0.693. The molecule has 0 amide bonds. The Labute approximate surface area is 102 Å². The average Bonchev–Trinajstić information content (AvgIpc) is 2.30. The Morgan fingerprint density at radius 3 is 2.81 bits per heavy atom. The number of pyridine rings is 1. The molecule has 0 saturated heterocycles. The van der Waals surface area contributed by atoms with Gasteiger partial charge in [-0.05, 0) is 35.8 Å². The molecule has 2 rings (SSSR count). The predicted molar refractivity (Wildman–Crippen MR) is 72.1 cm³/mol. The quantitative estimate of drug-likeness (QED) is 0.770. The van der Waals surface area contributed by atoms with Crippen LogP contribution in [-0.4, -0.2) is 4.98 Å². The summed E-state index contributed by atoms with van der Waals surface area (Å²) in [6, 6.07) is 4.33. The highest BCUT2D eigenvalue weighted by Gasteiger charge is 2.05. The normalized spacial score (nSPS) is 15.3. The summed E-state index contributed by atoms with van der Waals surface area (Å²) >= 11 is 1.75. The van der Waals surface area contributed by atoms with E-state index in [1.807, 2.05) is 6.20 Å². The van der Waals surface area contributed by atoms with Gasteiger partial charge in [-0.1, -0.05) is 43.8 Å². The Bertz CT molecular complexity index is 401. The lowest BCUT2D eigenvalue weighted by Crippen LogP contribution is -1.96. The third kappa shape index (κ3) is 2.99. The van der Waals surface area contributed by atoms with Crippen LogP contribution in [0.3, 0.4) is 0 Å². The maximum atomic E-state index is 4.53. The van der Waals surface area contributed by atoms with Crippen molar-refractivity contribution in [2.75, 3.05) is 0 Å². The molecule has 2 heteroatoms. The molecule has 0 aromatic carbocycles. The predicted octanol–water partition coefficient (Wildman–Crippen LogP) is 4.27. The van der Waals surface area contributed by atoms with Crippen LogP contribution in [0.15, 0.2) is 35.9 Å². The second-order valence-corrected chi connectivity index (χ2v) is 5.39. The van der Waals surface area contributed by atoms with E-state index in [2.05, 4.69) is 48.5 Å². The van der Waals surface area contributed by atoms with Crippen LogP contribution < -0.4 is 0 Å². The highest BCUT2D eigenvalue weighted by Crippen LogP contribution is 2.30. The van der Waals surface area contributed by atoms with Crippen LogP contribution in [0.25, 0.3) is 4.91 Å². The molecule has 0 N–H and O–H groups in total. The lowest BCUT2D eigenvalue weighted by atomic mass is 10.0. The molecule has 0 fully saturated rings. The third-order valence-electron chi connectivity index (χ3n) is 2.45. The molecule has 0 spiro atoms. The summed E-state index contributed by atoms with van der Waals surface area (Å²) in [6.45, 7) is 4.47. The van der Waals surface area contributed by atoms with Crippen molar-refractivity contribution in [1.82, 2.24) is 4.98 Å².